The van der Waals surface area contributed by atoms with E-state index in [0.29, 0.717) is 13.0 Å². The summed E-state index contributed by atoms with van der Waals surface area (Å²) in [4.78, 5) is 11.9. The first-order chi connectivity index (χ1) is 21.3. The molecule has 43 heavy (non-hydrogen) atoms. The van der Waals surface area contributed by atoms with Gasteiger partial charge in [0.25, 0.3) is 0 Å². The molecule has 258 valence electrons. The second-order valence-corrected chi connectivity index (χ2v) is 14.0. The summed E-state index contributed by atoms with van der Waals surface area (Å²) in [7, 11) is 0. The molecule has 0 aliphatic carbocycles. The van der Waals surface area contributed by atoms with Gasteiger partial charge in [-0.05, 0) is 12.8 Å². The molecule has 0 saturated heterocycles. The third kappa shape index (κ3) is 39.4. The molecule has 0 unspecified atom stereocenters. The number of carbonyl (C=O) groups is 1. The van der Waals surface area contributed by atoms with Gasteiger partial charge in [0.15, 0.2) is 0 Å². The van der Waals surface area contributed by atoms with E-state index in [9.17, 15) is 4.79 Å². The van der Waals surface area contributed by atoms with Gasteiger partial charge in [-0.15, -0.1) is 0 Å². The Balaban J connectivity index is 3.12. The lowest BCUT2D eigenvalue weighted by Crippen LogP contribution is -2.05. The number of ether oxygens (including phenoxy) is 1. The Morgan fingerprint density at radius 1 is 0.302 bits per heavy atom. The summed E-state index contributed by atoms with van der Waals surface area (Å²) in [6, 6.07) is 0. The summed E-state index contributed by atoms with van der Waals surface area (Å²) in [6.07, 6.45) is 50.5. The van der Waals surface area contributed by atoms with Crippen LogP contribution in [-0.2, 0) is 9.53 Å². The molecular formula is C41H82O2. The Morgan fingerprint density at radius 3 is 0.767 bits per heavy atom. The van der Waals surface area contributed by atoms with Gasteiger partial charge in [0.05, 0.1) is 6.61 Å². The maximum absolute atomic E-state index is 11.9. The van der Waals surface area contributed by atoms with Crippen molar-refractivity contribution in [1.29, 1.82) is 0 Å². The molecule has 0 rings (SSSR count). The van der Waals surface area contributed by atoms with Crippen LogP contribution in [0.2, 0.25) is 0 Å². The standard InChI is InChI=1S/C41H82O2/c1-3-5-7-9-11-13-15-16-17-18-19-20-21-22-23-24-25-26-27-28-29-31-33-35-37-39-41(42)43-40-38-36-34-32-30-14-12-10-8-6-4-2/h3-40H2,1-2H3. The van der Waals surface area contributed by atoms with Crippen molar-refractivity contribution in [3.8, 4) is 0 Å². The lowest BCUT2D eigenvalue weighted by Gasteiger charge is -2.06. The van der Waals surface area contributed by atoms with Crippen LogP contribution in [-0.4, -0.2) is 12.6 Å². The smallest absolute Gasteiger partial charge is 0.305 e. The van der Waals surface area contributed by atoms with Crippen LogP contribution in [0, 0.1) is 0 Å². The van der Waals surface area contributed by atoms with E-state index in [4.69, 9.17) is 4.74 Å². The zero-order valence-corrected chi connectivity index (χ0v) is 30.2. The van der Waals surface area contributed by atoms with Crippen molar-refractivity contribution in [3.63, 3.8) is 0 Å². The lowest BCUT2D eigenvalue weighted by atomic mass is 10.0. The van der Waals surface area contributed by atoms with E-state index in [1.807, 2.05) is 0 Å². The average Bonchev–Trinajstić information content (AvgIpc) is 3.01. The number of hydrogen-bond donors (Lipinski definition) is 0. The second kappa shape index (κ2) is 39.5. The van der Waals surface area contributed by atoms with Gasteiger partial charge in [-0.3, -0.25) is 4.79 Å². The maximum Gasteiger partial charge on any atom is 0.305 e. The molecule has 0 aromatic carbocycles. The average molecular weight is 607 g/mol. The Labute approximate surface area is 273 Å². The SMILES string of the molecule is CCCCCCCCCCCCCCCCCCCCCCCCCCCC(=O)OCCCCCCCCCCCCC. The molecular weight excluding hydrogens is 524 g/mol. The van der Waals surface area contributed by atoms with Crippen LogP contribution in [0.3, 0.4) is 0 Å². The molecule has 0 heterocycles. The van der Waals surface area contributed by atoms with E-state index in [2.05, 4.69) is 13.8 Å². The molecule has 0 aromatic rings. The lowest BCUT2D eigenvalue weighted by molar-refractivity contribution is -0.143. The van der Waals surface area contributed by atoms with Crippen molar-refractivity contribution >= 4 is 5.97 Å². The molecule has 0 fully saturated rings. The molecule has 0 saturated carbocycles. The Morgan fingerprint density at radius 2 is 0.512 bits per heavy atom. The van der Waals surface area contributed by atoms with Gasteiger partial charge in [0, 0.05) is 6.42 Å². The summed E-state index contributed by atoms with van der Waals surface area (Å²) >= 11 is 0. The van der Waals surface area contributed by atoms with Gasteiger partial charge < -0.3 is 4.74 Å². The molecule has 0 radical (unpaired) electrons. The van der Waals surface area contributed by atoms with E-state index in [0.717, 1.165) is 12.8 Å². The van der Waals surface area contributed by atoms with Crippen LogP contribution < -0.4 is 0 Å². The highest BCUT2D eigenvalue weighted by Gasteiger charge is 2.03. The van der Waals surface area contributed by atoms with Crippen molar-refractivity contribution in [2.75, 3.05) is 6.61 Å². The molecule has 0 aliphatic rings. The van der Waals surface area contributed by atoms with Crippen molar-refractivity contribution in [2.45, 2.75) is 251 Å². The predicted octanol–water partition coefficient (Wildman–Crippen LogP) is 15.0. The number of esters is 1. The first-order valence-corrected chi connectivity index (χ1v) is 20.5. The first-order valence-electron chi connectivity index (χ1n) is 20.5. The molecule has 0 N–H and O–H groups in total. The Kier molecular flexibility index (Phi) is 39.0. The number of carbonyl (C=O) groups excluding carboxylic acids is 1. The number of rotatable bonds is 38. The molecule has 2 heteroatoms. The van der Waals surface area contributed by atoms with Gasteiger partial charge in [0.2, 0.25) is 0 Å². The molecule has 0 aliphatic heterocycles. The zero-order valence-electron chi connectivity index (χ0n) is 30.2. The van der Waals surface area contributed by atoms with Crippen molar-refractivity contribution in [1.82, 2.24) is 0 Å². The van der Waals surface area contributed by atoms with Gasteiger partial charge in [0.1, 0.15) is 0 Å². The van der Waals surface area contributed by atoms with Gasteiger partial charge in [-0.1, -0.05) is 232 Å². The maximum atomic E-state index is 11.9. The predicted molar refractivity (Wildman–Crippen MR) is 193 cm³/mol. The highest BCUT2D eigenvalue weighted by atomic mass is 16.5. The van der Waals surface area contributed by atoms with Crippen molar-refractivity contribution in [3.05, 3.63) is 0 Å². The summed E-state index contributed by atoms with van der Waals surface area (Å²) in [5.41, 5.74) is 0. The van der Waals surface area contributed by atoms with Crippen LogP contribution in [0.5, 0.6) is 0 Å². The van der Waals surface area contributed by atoms with Gasteiger partial charge >= 0.3 is 5.97 Å². The zero-order chi connectivity index (χ0) is 31.2. The summed E-state index contributed by atoms with van der Waals surface area (Å²) in [5, 5.41) is 0. The van der Waals surface area contributed by atoms with E-state index in [1.165, 1.54) is 218 Å². The van der Waals surface area contributed by atoms with Crippen LogP contribution in [0.1, 0.15) is 251 Å². The van der Waals surface area contributed by atoms with Crippen molar-refractivity contribution < 1.29 is 9.53 Å². The first kappa shape index (κ1) is 42.5. The van der Waals surface area contributed by atoms with Crippen molar-refractivity contribution in [2.24, 2.45) is 0 Å². The van der Waals surface area contributed by atoms with Crippen LogP contribution in [0.15, 0.2) is 0 Å². The molecule has 0 aromatic heterocycles. The molecule has 0 atom stereocenters. The Hall–Kier alpha value is -0.530. The normalized spacial score (nSPS) is 11.4. The van der Waals surface area contributed by atoms with E-state index in [1.54, 1.807) is 0 Å². The highest BCUT2D eigenvalue weighted by molar-refractivity contribution is 5.69. The minimum absolute atomic E-state index is 0.0289. The van der Waals surface area contributed by atoms with E-state index in [-0.39, 0.29) is 5.97 Å². The van der Waals surface area contributed by atoms with Gasteiger partial charge in [-0.25, -0.2) is 0 Å². The van der Waals surface area contributed by atoms with Crippen LogP contribution in [0.4, 0.5) is 0 Å². The minimum atomic E-state index is 0.0289. The fourth-order valence-electron chi connectivity index (χ4n) is 6.43. The summed E-state index contributed by atoms with van der Waals surface area (Å²) in [5.74, 6) is 0.0289. The molecule has 0 spiro atoms. The molecule has 0 bridgehead atoms. The fraction of sp³-hybridized carbons (Fsp3) is 0.976. The summed E-state index contributed by atoms with van der Waals surface area (Å²) in [6.45, 7) is 5.22. The van der Waals surface area contributed by atoms with Gasteiger partial charge in [-0.2, -0.15) is 0 Å². The third-order valence-electron chi connectivity index (χ3n) is 9.50. The van der Waals surface area contributed by atoms with Crippen LogP contribution >= 0.6 is 0 Å². The fourth-order valence-corrected chi connectivity index (χ4v) is 6.43. The molecule has 2 nitrogen and oxygen atoms in total. The summed E-state index contributed by atoms with van der Waals surface area (Å²) < 4.78 is 5.44. The minimum Gasteiger partial charge on any atom is -0.466 e. The van der Waals surface area contributed by atoms with E-state index < -0.39 is 0 Å². The number of unbranched alkanes of at least 4 members (excludes halogenated alkanes) is 34. The largest absolute Gasteiger partial charge is 0.466 e. The quantitative estimate of drug-likeness (QED) is 0.0516. The topological polar surface area (TPSA) is 26.3 Å². The third-order valence-corrected chi connectivity index (χ3v) is 9.50. The van der Waals surface area contributed by atoms with E-state index >= 15 is 0 Å². The second-order valence-electron chi connectivity index (χ2n) is 14.0. The number of hydrogen-bond acceptors (Lipinski definition) is 2. The molecule has 0 amide bonds. The van der Waals surface area contributed by atoms with Crippen LogP contribution in [0.25, 0.3) is 0 Å². The monoisotopic (exact) mass is 607 g/mol. The Bertz CT molecular complexity index is 502. The highest BCUT2D eigenvalue weighted by Crippen LogP contribution is 2.16.